The highest BCUT2D eigenvalue weighted by atomic mass is 16.5. The normalized spacial score (nSPS) is 21.4. The fourth-order valence-electron chi connectivity index (χ4n) is 4.65. The summed E-state index contributed by atoms with van der Waals surface area (Å²) in [4.78, 5) is 35.9. The molecule has 1 aromatic heterocycles. The number of nitrogens with one attached hydrogen (secondary N) is 1. The van der Waals surface area contributed by atoms with Crippen molar-refractivity contribution in [2.45, 2.75) is 46.2 Å². The molecule has 0 radical (unpaired) electrons. The second kappa shape index (κ2) is 14.2. The van der Waals surface area contributed by atoms with Gasteiger partial charge in [-0.1, -0.05) is 13.0 Å². The Labute approximate surface area is 201 Å². The van der Waals surface area contributed by atoms with E-state index in [0.717, 1.165) is 91.5 Å². The molecule has 0 aliphatic carbocycles. The lowest BCUT2D eigenvalue weighted by molar-refractivity contribution is -0.135. The van der Waals surface area contributed by atoms with Gasteiger partial charge in [0.1, 0.15) is 0 Å². The lowest BCUT2D eigenvalue weighted by Gasteiger charge is -2.37. The molecule has 3 aliphatic heterocycles. The fraction of sp³-hybridized carbons (Fsp3) is 0.708. The van der Waals surface area contributed by atoms with Crippen LogP contribution in [0.3, 0.4) is 0 Å². The maximum atomic E-state index is 13.1. The van der Waals surface area contributed by atoms with Crippen molar-refractivity contribution in [2.75, 3.05) is 59.0 Å². The number of ether oxygens (including phenoxy) is 1. The minimum Gasteiger partial charge on any atom is -0.481 e. The smallest absolute Gasteiger partial charge is 0.300 e. The third-order valence-electron chi connectivity index (χ3n) is 6.26. The number of pyridine rings is 1. The van der Waals surface area contributed by atoms with Crippen molar-refractivity contribution in [2.24, 2.45) is 5.92 Å². The molecule has 1 aromatic rings. The topological polar surface area (TPSA) is 124 Å². The van der Waals surface area contributed by atoms with Crippen LogP contribution in [0.15, 0.2) is 16.9 Å². The van der Waals surface area contributed by atoms with Crippen LogP contribution >= 0.6 is 0 Å². The molecule has 0 unspecified atom stereocenters. The number of likely N-dealkylation sites (N-methyl/N-ethyl adjacent to an activating group) is 1. The van der Waals surface area contributed by atoms with Gasteiger partial charge in [0, 0.05) is 76.8 Å². The molecule has 10 heteroatoms. The molecular weight excluding hydrogens is 440 g/mol. The van der Waals surface area contributed by atoms with Crippen LogP contribution in [0.25, 0.3) is 0 Å². The van der Waals surface area contributed by atoms with E-state index in [1.54, 1.807) is 0 Å². The third-order valence-corrected chi connectivity index (χ3v) is 6.26. The number of carboxylic acids is 2. The van der Waals surface area contributed by atoms with Gasteiger partial charge in [0.05, 0.1) is 13.2 Å². The minimum absolute atomic E-state index is 0.240. The summed E-state index contributed by atoms with van der Waals surface area (Å²) in [5, 5.41) is 18.3. The molecule has 34 heavy (non-hydrogen) atoms. The largest absolute Gasteiger partial charge is 0.481 e. The Hall–Kier alpha value is -2.27. The molecule has 2 bridgehead atoms. The van der Waals surface area contributed by atoms with Crippen LogP contribution in [0.1, 0.15) is 44.4 Å². The van der Waals surface area contributed by atoms with Gasteiger partial charge in [-0.3, -0.25) is 24.2 Å². The summed E-state index contributed by atoms with van der Waals surface area (Å²) in [7, 11) is 0. The first-order valence-corrected chi connectivity index (χ1v) is 12.1. The van der Waals surface area contributed by atoms with E-state index in [4.69, 9.17) is 24.5 Å². The fourth-order valence-corrected chi connectivity index (χ4v) is 4.65. The quantitative estimate of drug-likeness (QED) is 0.544. The molecule has 0 amide bonds. The number of nitrogens with zero attached hydrogens (tertiary/aromatic N) is 3. The van der Waals surface area contributed by atoms with E-state index in [2.05, 4.69) is 38.7 Å². The second-order valence-electron chi connectivity index (χ2n) is 9.02. The number of rotatable bonds is 6. The molecule has 192 valence electrons. The predicted molar refractivity (Wildman–Crippen MR) is 129 cm³/mol. The van der Waals surface area contributed by atoms with E-state index in [1.165, 1.54) is 12.1 Å². The molecule has 4 rings (SSSR count). The van der Waals surface area contributed by atoms with E-state index >= 15 is 0 Å². The lowest BCUT2D eigenvalue weighted by Crippen LogP contribution is -2.46. The summed E-state index contributed by atoms with van der Waals surface area (Å²) in [6, 6.07) is 4.29. The Morgan fingerprint density at radius 2 is 1.79 bits per heavy atom. The van der Waals surface area contributed by atoms with Crippen molar-refractivity contribution in [3.63, 3.8) is 0 Å². The molecule has 2 atom stereocenters. The van der Waals surface area contributed by atoms with Gasteiger partial charge in [-0.05, 0) is 31.5 Å². The van der Waals surface area contributed by atoms with E-state index in [9.17, 15) is 4.79 Å². The molecule has 3 aliphatic rings. The summed E-state index contributed by atoms with van der Waals surface area (Å²) >= 11 is 0. The number of carboxylic acid groups (broad SMARTS) is 2. The van der Waals surface area contributed by atoms with Crippen LogP contribution in [0.4, 0.5) is 0 Å². The van der Waals surface area contributed by atoms with Gasteiger partial charge < -0.3 is 24.8 Å². The first-order chi connectivity index (χ1) is 16.2. The van der Waals surface area contributed by atoms with E-state index < -0.39 is 11.9 Å². The highest BCUT2D eigenvalue weighted by Gasteiger charge is 2.31. The lowest BCUT2D eigenvalue weighted by atomic mass is 9.84. The van der Waals surface area contributed by atoms with Gasteiger partial charge in [-0.25, -0.2) is 0 Å². The molecule has 10 nitrogen and oxygen atoms in total. The number of fused-ring (bicyclic) bond motifs is 4. The molecular formula is C24H40N4O6. The van der Waals surface area contributed by atoms with Crippen molar-refractivity contribution < 1.29 is 24.5 Å². The Balaban J connectivity index is 0.000000446. The maximum Gasteiger partial charge on any atom is 0.300 e. The zero-order valence-corrected chi connectivity index (χ0v) is 20.7. The monoisotopic (exact) mass is 480 g/mol. The Kier molecular flexibility index (Phi) is 11.7. The van der Waals surface area contributed by atoms with Gasteiger partial charge in [-0.15, -0.1) is 0 Å². The number of carbonyl (C=O) groups is 2. The number of aliphatic carboxylic acids is 2. The predicted octanol–water partition coefficient (Wildman–Crippen LogP) is 0.891. The standard InChI is InChI=1S/C20H32N4O2.2C2H4O2/c1-2-22(5-6-23-7-9-26-10-8-23)15-17-3-4-19-18-11-16(12-21-13-18)14-24(19)20(17)25;2*1-2(3)4/h3-4,16,18,21H,2,5-15H2,1H3;2*1H3,(H,3,4)/t16-,18+;;/m0../s1. The zero-order valence-electron chi connectivity index (χ0n) is 20.7. The van der Waals surface area contributed by atoms with Gasteiger partial charge in [0.15, 0.2) is 0 Å². The Morgan fingerprint density at radius 1 is 1.15 bits per heavy atom. The van der Waals surface area contributed by atoms with Crippen LogP contribution in [0, 0.1) is 5.92 Å². The zero-order chi connectivity index (χ0) is 25.1. The van der Waals surface area contributed by atoms with Crippen molar-refractivity contribution in [3.05, 3.63) is 33.7 Å². The number of hydrogen-bond acceptors (Lipinski definition) is 7. The van der Waals surface area contributed by atoms with Crippen LogP contribution in [-0.2, 0) is 27.4 Å². The Morgan fingerprint density at radius 3 is 2.41 bits per heavy atom. The molecule has 2 saturated heterocycles. The average Bonchev–Trinajstić information content (AvgIpc) is 2.79. The van der Waals surface area contributed by atoms with Gasteiger partial charge in [0.25, 0.3) is 17.5 Å². The first kappa shape index (κ1) is 28.0. The third kappa shape index (κ3) is 9.17. The average molecular weight is 481 g/mol. The summed E-state index contributed by atoms with van der Waals surface area (Å²) in [5.74, 6) is -0.550. The summed E-state index contributed by atoms with van der Waals surface area (Å²) in [6.07, 6.45) is 1.23. The summed E-state index contributed by atoms with van der Waals surface area (Å²) < 4.78 is 7.50. The highest BCUT2D eigenvalue weighted by Crippen LogP contribution is 2.31. The van der Waals surface area contributed by atoms with Crippen LogP contribution < -0.4 is 10.9 Å². The minimum atomic E-state index is -0.833. The summed E-state index contributed by atoms with van der Waals surface area (Å²) in [6.45, 7) is 14.8. The number of morpholine rings is 1. The van der Waals surface area contributed by atoms with Crippen molar-refractivity contribution in [3.8, 4) is 0 Å². The molecule has 0 saturated carbocycles. The van der Waals surface area contributed by atoms with Crippen molar-refractivity contribution in [1.82, 2.24) is 19.7 Å². The maximum absolute atomic E-state index is 13.1. The Bertz CT molecular complexity index is 832. The number of aromatic nitrogens is 1. The van der Waals surface area contributed by atoms with Crippen LogP contribution in [-0.4, -0.2) is 95.5 Å². The second-order valence-corrected chi connectivity index (χ2v) is 9.02. The number of hydrogen-bond donors (Lipinski definition) is 3. The van der Waals surface area contributed by atoms with Crippen molar-refractivity contribution in [1.29, 1.82) is 0 Å². The van der Waals surface area contributed by atoms with Crippen molar-refractivity contribution >= 4 is 11.9 Å². The van der Waals surface area contributed by atoms with Gasteiger partial charge >= 0.3 is 0 Å². The molecule has 2 fully saturated rings. The van der Waals surface area contributed by atoms with Crippen LogP contribution in [0.5, 0.6) is 0 Å². The number of piperidine rings is 1. The molecule has 0 spiro atoms. The van der Waals surface area contributed by atoms with E-state index in [1.807, 2.05) is 0 Å². The molecule has 0 aromatic carbocycles. The first-order valence-electron chi connectivity index (χ1n) is 12.1. The molecule has 4 heterocycles. The van der Waals surface area contributed by atoms with Gasteiger partial charge in [0.2, 0.25) is 0 Å². The summed E-state index contributed by atoms with van der Waals surface area (Å²) in [5.41, 5.74) is 2.42. The SMILES string of the molecule is CC(=O)O.CC(=O)O.CCN(CCN1CCOCC1)Cc1ccc2n(c1=O)C[C@@H]1CNC[C@H]2C1. The van der Waals surface area contributed by atoms with E-state index in [0.29, 0.717) is 11.8 Å². The molecule has 3 N–H and O–H groups in total. The van der Waals surface area contributed by atoms with Gasteiger partial charge in [-0.2, -0.15) is 0 Å². The van der Waals surface area contributed by atoms with E-state index in [-0.39, 0.29) is 5.56 Å². The van der Waals surface area contributed by atoms with Crippen LogP contribution in [0.2, 0.25) is 0 Å². The highest BCUT2D eigenvalue weighted by molar-refractivity contribution is 5.63.